The van der Waals surface area contributed by atoms with Crippen molar-refractivity contribution >= 4 is 11.4 Å². The van der Waals surface area contributed by atoms with Gasteiger partial charge in [-0.15, -0.1) is 0 Å². The molecular weight excluding hydrogens is 236 g/mol. The van der Waals surface area contributed by atoms with Gasteiger partial charge in [-0.05, 0) is 29.3 Å². The monoisotopic (exact) mass is 246 g/mol. The molecule has 0 spiro atoms. The molecular formula is C13H10O5. The largest absolute Gasteiger partial charge is 0.454 e. The lowest BCUT2D eigenvalue weighted by Crippen LogP contribution is -2.26. The van der Waals surface area contributed by atoms with Gasteiger partial charge in [-0.2, -0.15) is 0 Å². The van der Waals surface area contributed by atoms with E-state index in [1.807, 2.05) is 18.2 Å². The highest BCUT2D eigenvalue weighted by Gasteiger charge is 2.38. The second-order valence-electron chi connectivity index (χ2n) is 4.36. The maximum absolute atomic E-state index is 11.7. The van der Waals surface area contributed by atoms with Gasteiger partial charge in [0.05, 0.1) is 6.61 Å². The van der Waals surface area contributed by atoms with Gasteiger partial charge in [-0.1, -0.05) is 6.07 Å². The van der Waals surface area contributed by atoms with Crippen LogP contribution in [-0.4, -0.2) is 31.6 Å². The van der Waals surface area contributed by atoms with Gasteiger partial charge in [-0.3, -0.25) is 4.79 Å². The Morgan fingerprint density at radius 2 is 2.06 bits per heavy atom. The predicted octanol–water partition coefficient (Wildman–Crippen LogP) is 1.12. The summed E-state index contributed by atoms with van der Waals surface area (Å²) in [6, 6.07) is 5.60. The first-order valence-corrected chi connectivity index (χ1v) is 5.74. The van der Waals surface area contributed by atoms with Crippen LogP contribution in [0.1, 0.15) is 5.56 Å². The Morgan fingerprint density at radius 1 is 1.17 bits per heavy atom. The summed E-state index contributed by atoms with van der Waals surface area (Å²) in [6.45, 7) is 0.651. The molecule has 3 aliphatic rings. The molecule has 2 atom stereocenters. The summed E-state index contributed by atoms with van der Waals surface area (Å²) in [5.74, 6) is 1.28. The van der Waals surface area contributed by atoms with E-state index in [1.165, 1.54) is 0 Å². The Morgan fingerprint density at radius 3 is 3.00 bits per heavy atom. The van der Waals surface area contributed by atoms with E-state index in [0.29, 0.717) is 12.4 Å². The summed E-state index contributed by atoms with van der Waals surface area (Å²) >= 11 is 0. The van der Waals surface area contributed by atoms with Gasteiger partial charge in [0.2, 0.25) is 18.9 Å². The lowest BCUT2D eigenvalue weighted by molar-refractivity contribution is -0.141. The van der Waals surface area contributed by atoms with E-state index in [2.05, 4.69) is 0 Å². The second-order valence-corrected chi connectivity index (χ2v) is 4.36. The van der Waals surface area contributed by atoms with Crippen LogP contribution in [0.4, 0.5) is 0 Å². The quantitative estimate of drug-likeness (QED) is 0.743. The van der Waals surface area contributed by atoms with Crippen LogP contribution in [0.2, 0.25) is 0 Å². The first-order chi connectivity index (χ1) is 8.81. The van der Waals surface area contributed by atoms with Crippen molar-refractivity contribution in [2.24, 2.45) is 0 Å². The third-order valence-electron chi connectivity index (χ3n) is 3.27. The van der Waals surface area contributed by atoms with Gasteiger partial charge in [0, 0.05) is 0 Å². The number of benzene rings is 1. The minimum absolute atomic E-state index is 0.142. The molecule has 1 fully saturated rings. The molecule has 4 rings (SSSR count). The first kappa shape index (κ1) is 10.1. The zero-order valence-corrected chi connectivity index (χ0v) is 9.42. The van der Waals surface area contributed by atoms with Gasteiger partial charge in [-0.25, -0.2) is 0 Å². The highest BCUT2D eigenvalue weighted by Crippen LogP contribution is 2.38. The molecule has 2 bridgehead atoms. The van der Waals surface area contributed by atoms with Crippen molar-refractivity contribution in [3.8, 4) is 11.5 Å². The Balaban J connectivity index is 1.77. The molecule has 18 heavy (non-hydrogen) atoms. The number of carbonyl (C=O) groups excluding carboxylic acids is 1. The van der Waals surface area contributed by atoms with Crippen molar-refractivity contribution in [2.75, 3.05) is 13.4 Å². The molecule has 1 aromatic carbocycles. The topological polar surface area (TPSA) is 54.0 Å². The third kappa shape index (κ3) is 1.38. The molecule has 3 aliphatic heterocycles. The number of ketones is 1. The minimum Gasteiger partial charge on any atom is -0.454 e. The highest BCUT2D eigenvalue weighted by molar-refractivity contribution is 6.01. The molecule has 92 valence electrons. The van der Waals surface area contributed by atoms with Crippen LogP contribution in [0.25, 0.3) is 5.57 Å². The molecule has 1 aromatic rings. The molecule has 0 aliphatic carbocycles. The van der Waals surface area contributed by atoms with E-state index in [-0.39, 0.29) is 18.7 Å². The standard InChI is InChI=1S/C13H10O5/c14-9-4-8(12-5-15-13(9)18-12)7-1-2-10-11(3-7)17-6-16-10/h1-4,12-13H,5-6H2/t12-,13-/m1/s1. The predicted molar refractivity (Wildman–Crippen MR) is 60.2 cm³/mol. The Labute approximate surface area is 103 Å². The molecule has 1 saturated heterocycles. The molecule has 0 amide bonds. The maximum atomic E-state index is 11.7. The Kier molecular flexibility index (Phi) is 2.00. The zero-order valence-electron chi connectivity index (χ0n) is 9.42. The second kappa shape index (κ2) is 3.57. The fourth-order valence-corrected chi connectivity index (χ4v) is 2.37. The lowest BCUT2D eigenvalue weighted by atomic mass is 9.98. The van der Waals surface area contributed by atoms with Crippen LogP contribution in [-0.2, 0) is 14.3 Å². The van der Waals surface area contributed by atoms with Crippen LogP contribution in [0.3, 0.4) is 0 Å². The van der Waals surface area contributed by atoms with Crippen molar-refractivity contribution in [3.05, 3.63) is 29.8 Å². The van der Waals surface area contributed by atoms with Crippen LogP contribution in [0.15, 0.2) is 24.3 Å². The van der Waals surface area contributed by atoms with E-state index < -0.39 is 6.29 Å². The summed E-state index contributed by atoms with van der Waals surface area (Å²) < 4.78 is 21.3. The summed E-state index contributed by atoms with van der Waals surface area (Å²) in [4.78, 5) is 11.7. The van der Waals surface area contributed by atoms with Crippen molar-refractivity contribution in [1.82, 2.24) is 0 Å². The summed E-state index contributed by atoms with van der Waals surface area (Å²) in [6.07, 6.45) is 0.712. The number of fused-ring (bicyclic) bond motifs is 3. The number of hydrogen-bond donors (Lipinski definition) is 0. The summed E-state index contributed by atoms with van der Waals surface area (Å²) in [5.41, 5.74) is 1.74. The number of hydrogen-bond acceptors (Lipinski definition) is 5. The average molecular weight is 246 g/mol. The normalized spacial score (nSPS) is 28.4. The van der Waals surface area contributed by atoms with Crippen LogP contribution >= 0.6 is 0 Å². The molecule has 5 heteroatoms. The van der Waals surface area contributed by atoms with Gasteiger partial charge in [0.1, 0.15) is 6.10 Å². The fourth-order valence-electron chi connectivity index (χ4n) is 2.37. The molecule has 3 heterocycles. The zero-order chi connectivity index (χ0) is 12.1. The Bertz CT molecular complexity index is 563. The van der Waals surface area contributed by atoms with E-state index in [1.54, 1.807) is 6.08 Å². The Hall–Kier alpha value is -1.85. The van der Waals surface area contributed by atoms with Crippen molar-refractivity contribution in [1.29, 1.82) is 0 Å². The summed E-state index contributed by atoms with van der Waals surface area (Å²) in [7, 11) is 0. The number of rotatable bonds is 1. The molecule has 0 N–H and O–H groups in total. The minimum atomic E-state index is -0.715. The third-order valence-corrected chi connectivity index (χ3v) is 3.27. The highest BCUT2D eigenvalue weighted by atomic mass is 16.7. The van der Waals surface area contributed by atoms with Crippen LogP contribution < -0.4 is 9.47 Å². The van der Waals surface area contributed by atoms with Crippen molar-refractivity contribution in [3.63, 3.8) is 0 Å². The summed E-state index contributed by atoms with van der Waals surface area (Å²) in [5, 5.41) is 0. The lowest BCUT2D eigenvalue weighted by Gasteiger charge is -2.18. The smallest absolute Gasteiger partial charge is 0.231 e. The van der Waals surface area contributed by atoms with Gasteiger partial charge >= 0.3 is 0 Å². The van der Waals surface area contributed by atoms with Crippen LogP contribution in [0, 0.1) is 0 Å². The SMILES string of the molecule is O=C1C=C(c2ccc3c(c2)OCO3)[C@H]2CO[C@@H]1O2. The fraction of sp³-hybridized carbons (Fsp3) is 0.308. The number of carbonyl (C=O) groups is 1. The molecule has 0 radical (unpaired) electrons. The van der Waals surface area contributed by atoms with E-state index in [4.69, 9.17) is 18.9 Å². The molecule has 0 saturated carbocycles. The van der Waals surface area contributed by atoms with Gasteiger partial charge in [0.25, 0.3) is 0 Å². The van der Waals surface area contributed by atoms with E-state index >= 15 is 0 Å². The van der Waals surface area contributed by atoms with Gasteiger partial charge < -0.3 is 18.9 Å². The molecule has 0 unspecified atom stereocenters. The number of ether oxygens (including phenoxy) is 4. The maximum Gasteiger partial charge on any atom is 0.231 e. The van der Waals surface area contributed by atoms with Crippen molar-refractivity contribution in [2.45, 2.75) is 12.4 Å². The molecule has 0 aromatic heterocycles. The van der Waals surface area contributed by atoms with Crippen molar-refractivity contribution < 1.29 is 23.7 Å². The van der Waals surface area contributed by atoms with E-state index in [0.717, 1.165) is 16.9 Å². The molecule has 5 nitrogen and oxygen atoms in total. The van der Waals surface area contributed by atoms with Crippen LogP contribution in [0.5, 0.6) is 11.5 Å². The van der Waals surface area contributed by atoms with Gasteiger partial charge in [0.15, 0.2) is 11.5 Å². The first-order valence-electron chi connectivity index (χ1n) is 5.74. The van der Waals surface area contributed by atoms with E-state index in [9.17, 15) is 4.79 Å². The average Bonchev–Trinajstić information content (AvgIpc) is 3.01.